The van der Waals surface area contributed by atoms with E-state index in [9.17, 15) is 4.79 Å². The van der Waals surface area contributed by atoms with Gasteiger partial charge in [-0.1, -0.05) is 29.8 Å². The summed E-state index contributed by atoms with van der Waals surface area (Å²) in [6, 6.07) is 12.9. The van der Waals surface area contributed by atoms with E-state index in [0.717, 1.165) is 17.8 Å². The van der Waals surface area contributed by atoms with Crippen molar-refractivity contribution >= 4 is 39.1 Å². The molecular weight excluding hydrogens is 352 g/mol. The lowest BCUT2D eigenvalue weighted by Crippen LogP contribution is -2.16. The van der Waals surface area contributed by atoms with Crippen molar-refractivity contribution in [3.05, 3.63) is 63.1 Å². The standard InChI is InChI=1S/C16H16BrClN2O/c1-20(2)10-12-5-3-4-6-15(12)19-16(21)11-7-8-14(18)13(17)9-11/h3-9H,10H2,1-2H3,(H,19,21). The summed E-state index contributed by atoms with van der Waals surface area (Å²) in [4.78, 5) is 14.4. The number of nitrogens with zero attached hydrogens (tertiary/aromatic N) is 1. The maximum absolute atomic E-state index is 12.3. The number of nitrogens with one attached hydrogen (secondary N) is 1. The number of hydrogen-bond donors (Lipinski definition) is 1. The third-order valence-corrected chi connectivity index (χ3v) is 4.15. The van der Waals surface area contributed by atoms with Gasteiger partial charge in [0.15, 0.2) is 0 Å². The van der Waals surface area contributed by atoms with Crippen LogP contribution in [0.4, 0.5) is 5.69 Å². The molecule has 0 aliphatic heterocycles. The molecule has 5 heteroatoms. The first-order valence-corrected chi connectivity index (χ1v) is 7.63. The van der Waals surface area contributed by atoms with Crippen LogP contribution in [-0.4, -0.2) is 24.9 Å². The first kappa shape index (κ1) is 16.0. The van der Waals surface area contributed by atoms with Crippen LogP contribution in [0.25, 0.3) is 0 Å². The Balaban J connectivity index is 2.21. The number of para-hydroxylation sites is 1. The Hall–Kier alpha value is -1.36. The molecule has 0 unspecified atom stereocenters. The van der Waals surface area contributed by atoms with Crippen LogP contribution in [0.15, 0.2) is 46.9 Å². The average molecular weight is 368 g/mol. The maximum Gasteiger partial charge on any atom is 0.255 e. The molecule has 0 aromatic heterocycles. The van der Waals surface area contributed by atoms with Gasteiger partial charge >= 0.3 is 0 Å². The maximum atomic E-state index is 12.3. The van der Waals surface area contributed by atoms with Crippen LogP contribution in [0.5, 0.6) is 0 Å². The Morgan fingerprint density at radius 2 is 1.95 bits per heavy atom. The van der Waals surface area contributed by atoms with E-state index in [1.165, 1.54) is 0 Å². The van der Waals surface area contributed by atoms with Crippen molar-refractivity contribution in [2.75, 3.05) is 19.4 Å². The van der Waals surface area contributed by atoms with Crippen molar-refractivity contribution in [3.63, 3.8) is 0 Å². The van der Waals surface area contributed by atoms with Gasteiger partial charge < -0.3 is 10.2 Å². The fourth-order valence-electron chi connectivity index (χ4n) is 1.95. The van der Waals surface area contributed by atoms with Crippen molar-refractivity contribution < 1.29 is 4.79 Å². The van der Waals surface area contributed by atoms with Crippen molar-refractivity contribution in [2.45, 2.75) is 6.54 Å². The van der Waals surface area contributed by atoms with E-state index in [-0.39, 0.29) is 5.91 Å². The Morgan fingerprint density at radius 1 is 1.24 bits per heavy atom. The zero-order valence-corrected chi connectivity index (χ0v) is 14.2. The summed E-state index contributed by atoms with van der Waals surface area (Å²) in [5.41, 5.74) is 2.46. The van der Waals surface area contributed by atoms with Gasteiger partial charge in [0, 0.05) is 22.3 Å². The van der Waals surface area contributed by atoms with Crippen LogP contribution in [-0.2, 0) is 6.54 Å². The minimum Gasteiger partial charge on any atom is -0.322 e. The molecule has 0 aliphatic rings. The Bertz CT molecular complexity index is 658. The molecule has 0 fully saturated rings. The van der Waals surface area contributed by atoms with E-state index in [2.05, 4.69) is 26.1 Å². The monoisotopic (exact) mass is 366 g/mol. The summed E-state index contributed by atoms with van der Waals surface area (Å²) in [6.45, 7) is 0.765. The lowest BCUT2D eigenvalue weighted by atomic mass is 10.1. The van der Waals surface area contributed by atoms with Gasteiger partial charge in [0.05, 0.1) is 5.02 Å². The van der Waals surface area contributed by atoms with Gasteiger partial charge in [-0.05, 0) is 59.9 Å². The highest BCUT2D eigenvalue weighted by molar-refractivity contribution is 9.10. The molecule has 0 aliphatic carbocycles. The average Bonchev–Trinajstić information content (AvgIpc) is 2.43. The number of hydrogen-bond acceptors (Lipinski definition) is 2. The normalized spacial score (nSPS) is 10.7. The topological polar surface area (TPSA) is 32.3 Å². The first-order chi connectivity index (χ1) is 9.97. The lowest BCUT2D eigenvalue weighted by molar-refractivity contribution is 0.102. The second-order valence-electron chi connectivity index (χ2n) is 4.98. The molecule has 1 N–H and O–H groups in total. The van der Waals surface area contributed by atoms with Gasteiger partial charge in [0.1, 0.15) is 0 Å². The van der Waals surface area contributed by atoms with Gasteiger partial charge in [-0.3, -0.25) is 4.79 Å². The summed E-state index contributed by atoms with van der Waals surface area (Å²) in [7, 11) is 3.99. The number of carbonyl (C=O) groups is 1. The zero-order chi connectivity index (χ0) is 15.4. The number of carbonyl (C=O) groups excluding carboxylic acids is 1. The minimum absolute atomic E-state index is 0.154. The summed E-state index contributed by atoms with van der Waals surface area (Å²) in [6.07, 6.45) is 0. The molecular formula is C16H16BrClN2O. The van der Waals surface area contributed by atoms with Crippen LogP contribution < -0.4 is 5.32 Å². The lowest BCUT2D eigenvalue weighted by Gasteiger charge is -2.15. The third-order valence-electron chi connectivity index (χ3n) is 2.93. The summed E-state index contributed by atoms with van der Waals surface area (Å²) >= 11 is 9.27. The highest BCUT2D eigenvalue weighted by Gasteiger charge is 2.10. The van der Waals surface area contributed by atoms with Gasteiger partial charge in [-0.15, -0.1) is 0 Å². The molecule has 2 rings (SSSR count). The van der Waals surface area contributed by atoms with Crippen LogP contribution in [0.2, 0.25) is 5.02 Å². The molecule has 21 heavy (non-hydrogen) atoms. The molecule has 0 heterocycles. The predicted molar refractivity (Wildman–Crippen MR) is 90.9 cm³/mol. The molecule has 1 amide bonds. The minimum atomic E-state index is -0.154. The van der Waals surface area contributed by atoms with Crippen LogP contribution in [0.1, 0.15) is 15.9 Å². The van der Waals surface area contributed by atoms with Gasteiger partial charge in [-0.2, -0.15) is 0 Å². The third kappa shape index (κ3) is 4.30. The van der Waals surface area contributed by atoms with Gasteiger partial charge in [0.2, 0.25) is 0 Å². The van der Waals surface area contributed by atoms with Crippen molar-refractivity contribution in [2.24, 2.45) is 0 Å². The van der Waals surface area contributed by atoms with Crippen LogP contribution in [0, 0.1) is 0 Å². The number of amides is 1. The van der Waals surface area contributed by atoms with E-state index < -0.39 is 0 Å². The van der Waals surface area contributed by atoms with Crippen molar-refractivity contribution in [1.82, 2.24) is 4.90 Å². The quantitative estimate of drug-likeness (QED) is 0.868. The van der Waals surface area contributed by atoms with Gasteiger partial charge in [-0.25, -0.2) is 0 Å². The molecule has 0 bridgehead atoms. The summed E-state index contributed by atoms with van der Waals surface area (Å²) in [5.74, 6) is -0.154. The second-order valence-corrected chi connectivity index (χ2v) is 6.24. The number of rotatable bonds is 4. The first-order valence-electron chi connectivity index (χ1n) is 6.46. The Kier molecular flexibility index (Phi) is 5.39. The van der Waals surface area contributed by atoms with E-state index >= 15 is 0 Å². The van der Waals surface area contributed by atoms with Gasteiger partial charge in [0.25, 0.3) is 5.91 Å². The van der Waals surface area contributed by atoms with E-state index in [1.807, 2.05) is 38.4 Å². The predicted octanol–water partition coefficient (Wildman–Crippen LogP) is 4.42. The molecule has 2 aromatic carbocycles. The smallest absolute Gasteiger partial charge is 0.255 e. The number of halogens is 2. The Labute approximate surface area is 138 Å². The van der Waals surface area contributed by atoms with Crippen molar-refractivity contribution in [1.29, 1.82) is 0 Å². The molecule has 0 spiro atoms. The molecule has 0 saturated heterocycles. The van der Waals surface area contributed by atoms with E-state index in [4.69, 9.17) is 11.6 Å². The van der Waals surface area contributed by atoms with Crippen LogP contribution in [0.3, 0.4) is 0 Å². The van der Waals surface area contributed by atoms with Crippen LogP contribution >= 0.6 is 27.5 Å². The summed E-state index contributed by atoms with van der Waals surface area (Å²) in [5, 5.41) is 3.53. The fraction of sp³-hybridized carbons (Fsp3) is 0.188. The number of benzene rings is 2. The molecule has 110 valence electrons. The zero-order valence-electron chi connectivity index (χ0n) is 11.9. The SMILES string of the molecule is CN(C)Cc1ccccc1NC(=O)c1ccc(Cl)c(Br)c1. The highest BCUT2D eigenvalue weighted by Crippen LogP contribution is 2.24. The molecule has 2 aromatic rings. The molecule has 3 nitrogen and oxygen atoms in total. The molecule has 0 radical (unpaired) electrons. The Morgan fingerprint density at radius 3 is 2.62 bits per heavy atom. The van der Waals surface area contributed by atoms with E-state index in [0.29, 0.717) is 15.1 Å². The number of anilines is 1. The second kappa shape index (κ2) is 7.07. The van der Waals surface area contributed by atoms with E-state index in [1.54, 1.807) is 18.2 Å². The fourth-order valence-corrected chi connectivity index (χ4v) is 2.45. The van der Waals surface area contributed by atoms with Crippen molar-refractivity contribution in [3.8, 4) is 0 Å². The largest absolute Gasteiger partial charge is 0.322 e. The highest BCUT2D eigenvalue weighted by atomic mass is 79.9. The molecule has 0 atom stereocenters. The molecule has 0 saturated carbocycles. The summed E-state index contributed by atoms with van der Waals surface area (Å²) < 4.78 is 0.707.